The van der Waals surface area contributed by atoms with Crippen molar-refractivity contribution in [3.8, 4) is 11.3 Å². The Hall–Kier alpha value is -3.16. The van der Waals surface area contributed by atoms with Crippen molar-refractivity contribution in [3.63, 3.8) is 0 Å². The summed E-state index contributed by atoms with van der Waals surface area (Å²) < 4.78 is 5.20. The number of aryl methyl sites for hydroxylation is 3. The number of carbonyl (C=O) groups is 1. The lowest BCUT2D eigenvalue weighted by Gasteiger charge is -2.24. The number of nitrogens with zero attached hydrogens (tertiary/aromatic N) is 6. The minimum atomic E-state index is 0.00272. The summed E-state index contributed by atoms with van der Waals surface area (Å²) in [4.78, 5) is 31.6. The van der Waals surface area contributed by atoms with E-state index in [-0.39, 0.29) is 11.9 Å². The fourth-order valence-corrected chi connectivity index (χ4v) is 3.75. The van der Waals surface area contributed by atoms with Crippen molar-refractivity contribution in [1.29, 1.82) is 0 Å². The third kappa shape index (κ3) is 3.62. The molecule has 1 unspecified atom stereocenters. The first kappa shape index (κ1) is 18.2. The highest BCUT2D eigenvalue weighted by Gasteiger charge is 2.29. The molecule has 144 valence electrons. The van der Waals surface area contributed by atoms with Gasteiger partial charge in [-0.15, -0.1) is 0 Å². The van der Waals surface area contributed by atoms with Gasteiger partial charge in [-0.25, -0.2) is 9.97 Å². The van der Waals surface area contributed by atoms with Gasteiger partial charge >= 0.3 is 0 Å². The summed E-state index contributed by atoms with van der Waals surface area (Å²) in [6, 6.07) is 0.205. The van der Waals surface area contributed by atoms with Crippen LogP contribution in [0.2, 0.25) is 0 Å². The van der Waals surface area contributed by atoms with Crippen molar-refractivity contribution in [2.45, 2.75) is 45.6 Å². The lowest BCUT2D eigenvalue weighted by atomic mass is 10.1. The Bertz CT molecular complexity index is 935. The summed E-state index contributed by atoms with van der Waals surface area (Å²) >= 11 is 0. The Morgan fingerprint density at radius 1 is 1.18 bits per heavy atom. The molecule has 0 bridgehead atoms. The Morgan fingerprint density at radius 3 is 2.68 bits per heavy atom. The minimum absolute atomic E-state index is 0.00272. The van der Waals surface area contributed by atoms with Crippen molar-refractivity contribution in [2.75, 3.05) is 6.54 Å². The number of amides is 1. The molecule has 0 aliphatic carbocycles. The maximum absolute atomic E-state index is 12.7. The van der Waals surface area contributed by atoms with Crippen molar-refractivity contribution >= 4 is 5.91 Å². The van der Waals surface area contributed by atoms with Crippen LogP contribution in [-0.2, 0) is 6.42 Å². The summed E-state index contributed by atoms with van der Waals surface area (Å²) in [5.41, 5.74) is 3.93. The largest absolute Gasteiger partial charge is 0.361 e. The molecule has 0 saturated carbocycles. The molecule has 4 rings (SSSR count). The van der Waals surface area contributed by atoms with Crippen molar-refractivity contribution in [2.24, 2.45) is 0 Å². The highest BCUT2D eigenvalue weighted by Crippen LogP contribution is 2.25. The van der Waals surface area contributed by atoms with Crippen LogP contribution in [0.15, 0.2) is 35.6 Å². The van der Waals surface area contributed by atoms with Gasteiger partial charge in [0.1, 0.15) is 12.1 Å². The first-order valence-electron chi connectivity index (χ1n) is 9.43. The third-order valence-electron chi connectivity index (χ3n) is 5.17. The fraction of sp³-hybridized carbons (Fsp3) is 0.400. The van der Waals surface area contributed by atoms with E-state index in [9.17, 15) is 4.79 Å². The van der Waals surface area contributed by atoms with E-state index in [4.69, 9.17) is 4.52 Å². The number of likely N-dealkylation sites (tertiary alicyclic amines) is 1. The van der Waals surface area contributed by atoms with Crippen LogP contribution in [0.3, 0.4) is 0 Å². The van der Waals surface area contributed by atoms with E-state index < -0.39 is 0 Å². The molecule has 1 fully saturated rings. The van der Waals surface area contributed by atoms with Crippen LogP contribution < -0.4 is 0 Å². The molecule has 8 nitrogen and oxygen atoms in total. The molecule has 1 atom stereocenters. The molecule has 0 aromatic carbocycles. The Labute approximate surface area is 163 Å². The molecule has 0 radical (unpaired) electrons. The molecule has 1 aliphatic rings. The molecule has 28 heavy (non-hydrogen) atoms. The quantitative estimate of drug-likeness (QED) is 0.673. The van der Waals surface area contributed by atoms with Gasteiger partial charge in [0.05, 0.1) is 34.4 Å². The zero-order valence-corrected chi connectivity index (χ0v) is 16.0. The molecule has 3 aromatic rings. The van der Waals surface area contributed by atoms with Gasteiger partial charge in [0.2, 0.25) is 0 Å². The summed E-state index contributed by atoms with van der Waals surface area (Å²) in [6.45, 7) is 4.54. The predicted octanol–water partition coefficient (Wildman–Crippen LogP) is 2.78. The van der Waals surface area contributed by atoms with E-state index >= 15 is 0 Å². The van der Waals surface area contributed by atoms with Gasteiger partial charge in [-0.2, -0.15) is 0 Å². The molecule has 8 heteroatoms. The highest BCUT2D eigenvalue weighted by atomic mass is 16.5. The van der Waals surface area contributed by atoms with Gasteiger partial charge in [0.15, 0.2) is 0 Å². The molecule has 4 heterocycles. The van der Waals surface area contributed by atoms with Gasteiger partial charge < -0.3 is 9.42 Å². The first-order valence-corrected chi connectivity index (χ1v) is 9.43. The van der Waals surface area contributed by atoms with Crippen LogP contribution in [-0.4, -0.2) is 48.5 Å². The monoisotopic (exact) mass is 378 g/mol. The van der Waals surface area contributed by atoms with Crippen LogP contribution in [0.1, 0.15) is 46.8 Å². The fourth-order valence-electron chi connectivity index (χ4n) is 3.75. The van der Waals surface area contributed by atoms with Gasteiger partial charge in [-0.05, 0) is 39.5 Å². The average Bonchev–Trinajstić information content (AvgIpc) is 3.33. The van der Waals surface area contributed by atoms with E-state index in [0.717, 1.165) is 60.6 Å². The zero-order chi connectivity index (χ0) is 19.5. The van der Waals surface area contributed by atoms with E-state index in [0.29, 0.717) is 5.56 Å². The maximum atomic E-state index is 12.7. The van der Waals surface area contributed by atoms with Crippen molar-refractivity contribution in [1.82, 2.24) is 30.0 Å². The molecule has 1 saturated heterocycles. The molecule has 0 N–H and O–H groups in total. The molecule has 3 aromatic heterocycles. The third-order valence-corrected chi connectivity index (χ3v) is 5.17. The molecule has 0 spiro atoms. The standard InChI is InChI=1S/C20H22N6O2/c1-13-19(14(2)28-25-13)18-11-23-16(10-24-18)5-6-17-4-3-7-26(17)20(27)15-8-21-12-22-9-15/h8-12,17H,3-7H2,1-2H3. The molecular weight excluding hydrogens is 356 g/mol. The van der Waals surface area contributed by atoms with Gasteiger partial charge in [0, 0.05) is 31.2 Å². The van der Waals surface area contributed by atoms with Crippen LogP contribution in [0.5, 0.6) is 0 Å². The SMILES string of the molecule is Cc1noc(C)c1-c1cnc(CCC2CCCN2C(=O)c2cncnc2)cn1. The number of hydrogen-bond donors (Lipinski definition) is 0. The number of aromatic nitrogens is 5. The second-order valence-corrected chi connectivity index (χ2v) is 7.05. The van der Waals surface area contributed by atoms with E-state index in [1.807, 2.05) is 18.7 Å². The number of rotatable bonds is 5. The zero-order valence-electron chi connectivity index (χ0n) is 16.0. The van der Waals surface area contributed by atoms with Gasteiger partial charge in [-0.1, -0.05) is 5.16 Å². The number of carbonyl (C=O) groups excluding carboxylic acids is 1. The van der Waals surface area contributed by atoms with Crippen molar-refractivity contribution < 1.29 is 9.32 Å². The van der Waals surface area contributed by atoms with Crippen LogP contribution in [0, 0.1) is 13.8 Å². The second-order valence-electron chi connectivity index (χ2n) is 7.05. The highest BCUT2D eigenvalue weighted by molar-refractivity contribution is 5.94. The van der Waals surface area contributed by atoms with Crippen LogP contribution in [0.4, 0.5) is 0 Å². The van der Waals surface area contributed by atoms with Crippen LogP contribution in [0.25, 0.3) is 11.3 Å². The van der Waals surface area contributed by atoms with E-state index in [2.05, 4.69) is 25.1 Å². The van der Waals surface area contributed by atoms with E-state index in [1.54, 1.807) is 24.8 Å². The summed E-state index contributed by atoms with van der Waals surface area (Å²) in [7, 11) is 0. The predicted molar refractivity (Wildman–Crippen MR) is 101 cm³/mol. The Kier molecular flexibility index (Phi) is 5.10. The molecule has 1 amide bonds. The normalized spacial score (nSPS) is 16.5. The number of hydrogen-bond acceptors (Lipinski definition) is 7. The summed E-state index contributed by atoms with van der Waals surface area (Å²) in [6.07, 6.45) is 11.8. The molecular formula is C20H22N6O2. The maximum Gasteiger partial charge on any atom is 0.257 e. The Morgan fingerprint density at radius 2 is 2.00 bits per heavy atom. The summed E-state index contributed by atoms with van der Waals surface area (Å²) in [5, 5.41) is 3.96. The minimum Gasteiger partial charge on any atom is -0.361 e. The lowest BCUT2D eigenvalue weighted by Crippen LogP contribution is -2.36. The van der Waals surface area contributed by atoms with Crippen LogP contribution >= 0.6 is 0 Å². The first-order chi connectivity index (χ1) is 13.6. The summed E-state index contributed by atoms with van der Waals surface area (Å²) in [5.74, 6) is 0.743. The molecule has 1 aliphatic heterocycles. The average molecular weight is 378 g/mol. The van der Waals surface area contributed by atoms with E-state index in [1.165, 1.54) is 6.33 Å². The van der Waals surface area contributed by atoms with Gasteiger partial charge in [-0.3, -0.25) is 14.8 Å². The Balaban J connectivity index is 1.40. The van der Waals surface area contributed by atoms with Gasteiger partial charge in [0.25, 0.3) is 5.91 Å². The lowest BCUT2D eigenvalue weighted by molar-refractivity contribution is 0.0729. The van der Waals surface area contributed by atoms with Crippen molar-refractivity contribution in [3.05, 3.63) is 53.8 Å². The topological polar surface area (TPSA) is 97.9 Å². The second kappa shape index (κ2) is 7.84. The smallest absolute Gasteiger partial charge is 0.257 e.